The first-order valence-electron chi connectivity index (χ1n) is 7.92. The minimum absolute atomic E-state index is 0.101. The van der Waals surface area contributed by atoms with Gasteiger partial charge in [-0.2, -0.15) is 0 Å². The van der Waals surface area contributed by atoms with Crippen molar-refractivity contribution in [2.75, 3.05) is 6.54 Å². The number of benzene rings is 2. The van der Waals surface area contributed by atoms with Gasteiger partial charge < -0.3 is 5.11 Å². The van der Waals surface area contributed by atoms with Gasteiger partial charge >= 0.3 is 0 Å². The first-order valence-corrected chi connectivity index (χ1v) is 8.36. The molecule has 2 aromatic rings. The fraction of sp³-hybridized carbons (Fsp3) is 0.368. The molecule has 1 heterocycles. The van der Waals surface area contributed by atoms with E-state index in [9.17, 15) is 5.11 Å². The lowest BCUT2D eigenvalue weighted by molar-refractivity contribution is -0.144. The molecule has 1 saturated carbocycles. The summed E-state index contributed by atoms with van der Waals surface area (Å²) in [6, 6.07) is 20.9. The van der Waals surface area contributed by atoms with Gasteiger partial charge in [-0.05, 0) is 29.9 Å². The lowest BCUT2D eigenvalue weighted by Crippen LogP contribution is -2.69. The molecule has 2 aliphatic rings. The molecular formula is C19H20ClNO. The van der Waals surface area contributed by atoms with Gasteiger partial charge in [0.05, 0.1) is 6.04 Å². The van der Waals surface area contributed by atoms with Crippen molar-refractivity contribution in [3.05, 3.63) is 71.8 Å². The van der Waals surface area contributed by atoms with Gasteiger partial charge in [-0.15, -0.1) is 11.6 Å². The molecule has 1 N–H and O–H groups in total. The van der Waals surface area contributed by atoms with E-state index in [0.29, 0.717) is 12.5 Å². The van der Waals surface area contributed by atoms with Crippen molar-refractivity contribution in [2.24, 2.45) is 5.92 Å². The zero-order valence-electron chi connectivity index (χ0n) is 12.4. The Hall–Kier alpha value is -1.35. The number of hydrogen-bond acceptors (Lipinski definition) is 2. The van der Waals surface area contributed by atoms with Crippen molar-refractivity contribution in [3.8, 4) is 0 Å². The van der Waals surface area contributed by atoms with Crippen LogP contribution in [0.5, 0.6) is 0 Å². The maximum Gasteiger partial charge on any atom is 0.117 e. The average Bonchev–Trinajstić information content (AvgIpc) is 3.41. The molecule has 0 radical (unpaired) electrons. The first kappa shape index (κ1) is 14.3. The van der Waals surface area contributed by atoms with Gasteiger partial charge in [0.15, 0.2) is 0 Å². The van der Waals surface area contributed by atoms with Crippen LogP contribution in [0.3, 0.4) is 0 Å². The lowest BCUT2D eigenvalue weighted by atomic mass is 9.83. The Bertz CT molecular complexity index is 603. The Balaban J connectivity index is 1.67. The van der Waals surface area contributed by atoms with Crippen LogP contribution in [0.15, 0.2) is 60.7 Å². The zero-order valence-corrected chi connectivity index (χ0v) is 13.2. The molecule has 0 spiro atoms. The Kier molecular flexibility index (Phi) is 3.48. The van der Waals surface area contributed by atoms with E-state index in [1.54, 1.807) is 0 Å². The third-order valence-electron chi connectivity index (χ3n) is 4.99. The number of halogens is 1. The molecule has 4 rings (SSSR count). The molecule has 1 saturated heterocycles. The number of β-amino-alcohol motifs (C(OH)–C–C–N with tert-alkyl or cyclic N) is 1. The van der Waals surface area contributed by atoms with Gasteiger partial charge in [-0.3, -0.25) is 4.90 Å². The molecule has 2 atom stereocenters. The molecule has 3 heteroatoms. The number of hydrogen-bond donors (Lipinski definition) is 1. The lowest BCUT2D eigenvalue weighted by Gasteiger charge is -2.55. The second-order valence-electron chi connectivity index (χ2n) is 6.50. The summed E-state index contributed by atoms with van der Waals surface area (Å²) >= 11 is 6.63. The smallest absolute Gasteiger partial charge is 0.117 e. The van der Waals surface area contributed by atoms with Gasteiger partial charge in [-0.1, -0.05) is 60.7 Å². The summed E-state index contributed by atoms with van der Waals surface area (Å²) in [4.78, 5) is 2.21. The molecule has 0 bridgehead atoms. The molecule has 2 fully saturated rings. The van der Waals surface area contributed by atoms with Crippen molar-refractivity contribution >= 4 is 11.6 Å². The Labute approximate surface area is 136 Å². The quantitative estimate of drug-likeness (QED) is 0.685. The average molecular weight is 314 g/mol. The topological polar surface area (TPSA) is 23.5 Å². The van der Waals surface area contributed by atoms with E-state index < -0.39 is 5.60 Å². The number of likely N-dealkylation sites (tertiary alicyclic amines) is 1. The molecule has 2 unspecified atom stereocenters. The molecule has 2 nitrogen and oxygen atoms in total. The molecule has 114 valence electrons. The van der Waals surface area contributed by atoms with E-state index in [0.717, 1.165) is 12.8 Å². The Morgan fingerprint density at radius 3 is 1.86 bits per heavy atom. The molecule has 22 heavy (non-hydrogen) atoms. The third kappa shape index (κ3) is 2.26. The standard InChI is InChI=1S/C19H20ClNO/c20-18-19(22,16-11-12-16)13-21(18)17(14-7-3-1-4-8-14)15-9-5-2-6-10-15/h1-10,16-18,22H,11-13H2. The number of rotatable bonds is 4. The summed E-state index contributed by atoms with van der Waals surface area (Å²) in [5.41, 5.74) is 1.42. The highest BCUT2D eigenvalue weighted by Gasteiger charge is 2.60. The van der Waals surface area contributed by atoms with E-state index in [4.69, 9.17) is 11.6 Å². The molecule has 0 amide bonds. The molecular weight excluding hydrogens is 294 g/mol. The van der Waals surface area contributed by atoms with Crippen molar-refractivity contribution in [1.82, 2.24) is 4.90 Å². The predicted octanol–water partition coefficient (Wildman–Crippen LogP) is 3.80. The maximum atomic E-state index is 10.8. The fourth-order valence-electron chi connectivity index (χ4n) is 3.60. The van der Waals surface area contributed by atoms with E-state index >= 15 is 0 Å². The summed E-state index contributed by atoms with van der Waals surface area (Å²) in [7, 11) is 0. The summed E-state index contributed by atoms with van der Waals surface area (Å²) in [6.45, 7) is 0.653. The summed E-state index contributed by atoms with van der Waals surface area (Å²) < 4.78 is 0. The van der Waals surface area contributed by atoms with Gasteiger partial charge in [0.25, 0.3) is 0 Å². The van der Waals surface area contributed by atoms with Crippen LogP contribution < -0.4 is 0 Å². The molecule has 1 aliphatic carbocycles. The fourth-order valence-corrected chi connectivity index (χ4v) is 4.03. The summed E-state index contributed by atoms with van der Waals surface area (Å²) in [5.74, 6) is 0.387. The maximum absolute atomic E-state index is 10.8. The second kappa shape index (κ2) is 5.38. The van der Waals surface area contributed by atoms with Crippen LogP contribution >= 0.6 is 11.6 Å². The Morgan fingerprint density at radius 2 is 1.45 bits per heavy atom. The number of alkyl halides is 1. The van der Waals surface area contributed by atoms with E-state index in [1.807, 2.05) is 12.1 Å². The summed E-state index contributed by atoms with van der Waals surface area (Å²) in [5, 5.41) is 10.8. The minimum atomic E-state index is -0.705. The van der Waals surface area contributed by atoms with Crippen LogP contribution in [-0.2, 0) is 0 Å². The third-order valence-corrected chi connectivity index (χ3v) is 5.61. The highest BCUT2D eigenvalue weighted by molar-refractivity contribution is 6.21. The summed E-state index contributed by atoms with van der Waals surface area (Å²) in [6.07, 6.45) is 2.21. The minimum Gasteiger partial charge on any atom is -0.385 e. The SMILES string of the molecule is OC1(C2CC2)CN(C(c2ccccc2)c2ccccc2)C1Cl. The molecule has 0 aromatic heterocycles. The number of nitrogens with zero attached hydrogens (tertiary/aromatic N) is 1. The predicted molar refractivity (Wildman–Crippen MR) is 88.7 cm³/mol. The largest absolute Gasteiger partial charge is 0.385 e. The highest BCUT2D eigenvalue weighted by atomic mass is 35.5. The van der Waals surface area contributed by atoms with E-state index in [1.165, 1.54) is 11.1 Å². The van der Waals surface area contributed by atoms with E-state index in [-0.39, 0.29) is 11.5 Å². The van der Waals surface area contributed by atoms with Crippen LogP contribution in [0.2, 0.25) is 0 Å². The van der Waals surface area contributed by atoms with Gasteiger partial charge in [0.2, 0.25) is 0 Å². The van der Waals surface area contributed by atoms with Crippen molar-refractivity contribution in [3.63, 3.8) is 0 Å². The van der Waals surface area contributed by atoms with Crippen LogP contribution in [0.25, 0.3) is 0 Å². The first-order chi connectivity index (χ1) is 10.7. The number of aliphatic hydroxyl groups is 1. The van der Waals surface area contributed by atoms with Crippen molar-refractivity contribution in [2.45, 2.75) is 30.0 Å². The second-order valence-corrected chi connectivity index (χ2v) is 6.91. The monoisotopic (exact) mass is 313 g/mol. The van der Waals surface area contributed by atoms with Gasteiger partial charge in [0.1, 0.15) is 11.1 Å². The normalized spacial score (nSPS) is 28.6. The van der Waals surface area contributed by atoms with Gasteiger partial charge in [-0.25, -0.2) is 0 Å². The zero-order chi connectivity index (χ0) is 15.2. The van der Waals surface area contributed by atoms with Crippen LogP contribution in [0.4, 0.5) is 0 Å². The van der Waals surface area contributed by atoms with Crippen LogP contribution in [0, 0.1) is 5.92 Å². The molecule has 1 aliphatic heterocycles. The Morgan fingerprint density at radius 1 is 0.955 bits per heavy atom. The van der Waals surface area contributed by atoms with Crippen molar-refractivity contribution < 1.29 is 5.11 Å². The van der Waals surface area contributed by atoms with Crippen LogP contribution in [0.1, 0.15) is 30.0 Å². The van der Waals surface area contributed by atoms with Crippen LogP contribution in [-0.4, -0.2) is 27.7 Å². The van der Waals surface area contributed by atoms with Crippen molar-refractivity contribution in [1.29, 1.82) is 0 Å². The highest BCUT2D eigenvalue weighted by Crippen LogP contribution is 2.52. The molecule has 2 aromatic carbocycles. The van der Waals surface area contributed by atoms with E-state index in [2.05, 4.69) is 53.4 Å². The van der Waals surface area contributed by atoms with Gasteiger partial charge in [0, 0.05) is 6.54 Å².